The average molecular weight is 381 g/mol. The van der Waals surface area contributed by atoms with Gasteiger partial charge in [0.25, 0.3) is 5.91 Å². The minimum atomic E-state index is 0.0327. The summed E-state index contributed by atoms with van der Waals surface area (Å²) in [6, 6.07) is 5.84. The summed E-state index contributed by atoms with van der Waals surface area (Å²) in [4.78, 5) is 21.4. The number of anilines is 1. The lowest BCUT2D eigenvalue weighted by molar-refractivity contribution is 0.0710. The molecule has 0 bridgehead atoms. The first-order chi connectivity index (χ1) is 13.8. The number of carbonyl (C=O) groups is 1. The number of likely N-dealkylation sites (tertiary alicyclic amines) is 1. The van der Waals surface area contributed by atoms with Crippen molar-refractivity contribution in [3.05, 3.63) is 48.3 Å². The molecule has 146 valence electrons. The second-order valence-electron chi connectivity index (χ2n) is 7.34. The highest BCUT2D eigenvalue weighted by Crippen LogP contribution is 2.27. The zero-order chi connectivity index (χ0) is 18.9. The number of rotatable bonds is 3. The zero-order valence-electron chi connectivity index (χ0n) is 15.7. The molecule has 0 saturated carbocycles. The Kier molecular flexibility index (Phi) is 4.48. The number of fused-ring (bicyclic) bond motifs is 1. The quantitative estimate of drug-likeness (QED) is 0.692. The van der Waals surface area contributed by atoms with Crippen LogP contribution in [0.4, 0.5) is 5.69 Å². The Hall–Kier alpha value is -2.87. The van der Waals surface area contributed by atoms with Crippen molar-refractivity contribution in [2.45, 2.75) is 18.8 Å². The van der Waals surface area contributed by atoms with Crippen LogP contribution in [0.3, 0.4) is 0 Å². The van der Waals surface area contributed by atoms with Gasteiger partial charge in [-0.05, 0) is 31.0 Å². The monoisotopic (exact) mass is 381 g/mol. The lowest BCUT2D eigenvalue weighted by Gasteiger charge is -2.30. The number of hydrogen-bond donors (Lipinski definition) is 0. The van der Waals surface area contributed by atoms with Crippen LogP contribution in [-0.4, -0.2) is 64.8 Å². The molecule has 1 amide bonds. The summed E-state index contributed by atoms with van der Waals surface area (Å²) in [6.45, 7) is 4.74. The Morgan fingerprint density at radius 1 is 1.07 bits per heavy atom. The number of nitrogens with zero attached hydrogens (tertiary/aromatic N) is 5. The summed E-state index contributed by atoms with van der Waals surface area (Å²) in [5, 5.41) is 4.74. The molecule has 5 heterocycles. The molecular formula is C20H23N5O3. The lowest BCUT2D eigenvalue weighted by atomic mass is 9.96. The van der Waals surface area contributed by atoms with E-state index in [2.05, 4.69) is 17.2 Å². The molecule has 3 aromatic rings. The molecule has 28 heavy (non-hydrogen) atoms. The molecule has 0 unspecified atom stereocenters. The van der Waals surface area contributed by atoms with Gasteiger partial charge in [0.1, 0.15) is 6.26 Å². The number of morpholine rings is 1. The van der Waals surface area contributed by atoms with Crippen molar-refractivity contribution < 1.29 is 13.9 Å². The summed E-state index contributed by atoms with van der Waals surface area (Å²) in [6.07, 6.45) is 6.83. The molecule has 8 nitrogen and oxygen atoms in total. The van der Waals surface area contributed by atoms with Crippen molar-refractivity contribution in [1.29, 1.82) is 0 Å². The number of amides is 1. The van der Waals surface area contributed by atoms with Crippen LogP contribution in [0.1, 0.15) is 34.9 Å². The maximum absolute atomic E-state index is 12.4. The molecular weight excluding hydrogens is 358 g/mol. The SMILES string of the molecule is O=C(c1ccoc1)N1CCC(c2nc3ccc(N4CCOCC4)cn3n2)CC1. The molecule has 3 aromatic heterocycles. The van der Waals surface area contributed by atoms with Crippen molar-refractivity contribution in [2.75, 3.05) is 44.3 Å². The van der Waals surface area contributed by atoms with Crippen molar-refractivity contribution in [2.24, 2.45) is 0 Å². The van der Waals surface area contributed by atoms with Gasteiger partial charge >= 0.3 is 0 Å². The van der Waals surface area contributed by atoms with Gasteiger partial charge in [-0.2, -0.15) is 5.10 Å². The van der Waals surface area contributed by atoms with Gasteiger partial charge in [-0.25, -0.2) is 9.50 Å². The number of ether oxygens (including phenoxy) is 1. The van der Waals surface area contributed by atoms with E-state index >= 15 is 0 Å². The van der Waals surface area contributed by atoms with Crippen molar-refractivity contribution in [3.8, 4) is 0 Å². The molecule has 0 atom stereocenters. The minimum absolute atomic E-state index is 0.0327. The Labute approximate surface area is 162 Å². The highest BCUT2D eigenvalue weighted by Gasteiger charge is 2.27. The Morgan fingerprint density at radius 3 is 2.64 bits per heavy atom. The summed E-state index contributed by atoms with van der Waals surface area (Å²) in [7, 11) is 0. The van der Waals surface area contributed by atoms with Gasteiger partial charge in [-0.15, -0.1) is 0 Å². The molecule has 2 aliphatic rings. The zero-order valence-corrected chi connectivity index (χ0v) is 15.7. The molecule has 2 fully saturated rings. The number of hydrogen-bond acceptors (Lipinski definition) is 6. The fraction of sp³-hybridized carbons (Fsp3) is 0.450. The Morgan fingerprint density at radius 2 is 1.89 bits per heavy atom. The normalized spacial score (nSPS) is 18.7. The van der Waals surface area contributed by atoms with Gasteiger partial charge in [0, 0.05) is 32.1 Å². The van der Waals surface area contributed by atoms with Crippen LogP contribution in [0.25, 0.3) is 5.65 Å². The molecule has 5 rings (SSSR count). The lowest BCUT2D eigenvalue weighted by Crippen LogP contribution is -2.38. The summed E-state index contributed by atoms with van der Waals surface area (Å²) in [5.74, 6) is 1.18. The van der Waals surface area contributed by atoms with Crippen LogP contribution in [-0.2, 0) is 4.74 Å². The van der Waals surface area contributed by atoms with Gasteiger partial charge in [0.15, 0.2) is 11.5 Å². The Balaban J connectivity index is 1.28. The van der Waals surface area contributed by atoms with E-state index in [0.29, 0.717) is 18.7 Å². The highest BCUT2D eigenvalue weighted by molar-refractivity contribution is 5.93. The number of carbonyl (C=O) groups excluding carboxylic acids is 1. The van der Waals surface area contributed by atoms with Gasteiger partial charge in [0.2, 0.25) is 0 Å². The van der Waals surface area contributed by atoms with Crippen LogP contribution >= 0.6 is 0 Å². The van der Waals surface area contributed by atoms with E-state index in [9.17, 15) is 4.79 Å². The third-order valence-electron chi connectivity index (χ3n) is 5.62. The summed E-state index contributed by atoms with van der Waals surface area (Å²) in [5.41, 5.74) is 2.62. The number of pyridine rings is 1. The van der Waals surface area contributed by atoms with E-state index in [4.69, 9.17) is 19.2 Å². The fourth-order valence-electron chi connectivity index (χ4n) is 3.98. The molecule has 0 aliphatic carbocycles. The van der Waals surface area contributed by atoms with Crippen LogP contribution in [0.2, 0.25) is 0 Å². The third kappa shape index (κ3) is 3.24. The van der Waals surface area contributed by atoms with Crippen molar-refractivity contribution in [3.63, 3.8) is 0 Å². The van der Waals surface area contributed by atoms with E-state index in [1.807, 2.05) is 15.5 Å². The van der Waals surface area contributed by atoms with Crippen LogP contribution < -0.4 is 4.90 Å². The fourth-order valence-corrected chi connectivity index (χ4v) is 3.98. The standard InChI is InChI=1S/C20H23N5O3/c26-20(16-5-10-28-14-16)24-6-3-15(4-7-24)19-21-18-2-1-17(13-25(18)22-19)23-8-11-27-12-9-23/h1-2,5,10,13-15H,3-4,6-9,11-12H2. The summed E-state index contributed by atoms with van der Waals surface area (Å²) < 4.78 is 12.3. The van der Waals surface area contributed by atoms with Gasteiger partial charge in [0.05, 0.1) is 36.9 Å². The number of piperidine rings is 1. The largest absolute Gasteiger partial charge is 0.472 e. The van der Waals surface area contributed by atoms with E-state index in [1.54, 1.807) is 6.07 Å². The average Bonchev–Trinajstić information content (AvgIpc) is 3.43. The second-order valence-corrected chi connectivity index (χ2v) is 7.34. The number of furan rings is 1. The van der Waals surface area contributed by atoms with Crippen molar-refractivity contribution in [1.82, 2.24) is 19.5 Å². The van der Waals surface area contributed by atoms with Gasteiger partial charge in [-0.1, -0.05) is 0 Å². The number of aromatic nitrogens is 3. The molecule has 0 aromatic carbocycles. The second kappa shape index (κ2) is 7.27. The molecule has 8 heteroatoms. The predicted octanol–water partition coefficient (Wildman–Crippen LogP) is 2.18. The van der Waals surface area contributed by atoms with Crippen LogP contribution in [0.15, 0.2) is 41.3 Å². The first-order valence-corrected chi connectivity index (χ1v) is 9.78. The topological polar surface area (TPSA) is 76.1 Å². The van der Waals surface area contributed by atoms with Crippen LogP contribution in [0.5, 0.6) is 0 Å². The first-order valence-electron chi connectivity index (χ1n) is 9.78. The third-order valence-corrected chi connectivity index (χ3v) is 5.62. The molecule has 0 spiro atoms. The molecule has 0 N–H and O–H groups in total. The summed E-state index contributed by atoms with van der Waals surface area (Å²) >= 11 is 0. The smallest absolute Gasteiger partial charge is 0.257 e. The minimum Gasteiger partial charge on any atom is -0.472 e. The molecule has 2 saturated heterocycles. The van der Waals surface area contributed by atoms with Crippen LogP contribution in [0, 0.1) is 0 Å². The first kappa shape index (κ1) is 17.2. The molecule has 0 radical (unpaired) electrons. The van der Waals surface area contributed by atoms with E-state index in [0.717, 1.165) is 56.3 Å². The Bertz CT molecular complexity index is 954. The van der Waals surface area contributed by atoms with E-state index in [-0.39, 0.29) is 11.8 Å². The van der Waals surface area contributed by atoms with Gasteiger partial charge in [-0.3, -0.25) is 4.79 Å². The highest BCUT2D eigenvalue weighted by atomic mass is 16.5. The van der Waals surface area contributed by atoms with Gasteiger partial charge < -0.3 is 19.0 Å². The van der Waals surface area contributed by atoms with E-state index in [1.165, 1.54) is 12.5 Å². The van der Waals surface area contributed by atoms with E-state index < -0.39 is 0 Å². The maximum Gasteiger partial charge on any atom is 0.257 e. The molecule has 2 aliphatic heterocycles. The maximum atomic E-state index is 12.4. The van der Waals surface area contributed by atoms with Crippen molar-refractivity contribution >= 4 is 17.2 Å². The predicted molar refractivity (Wildman–Crippen MR) is 103 cm³/mol.